The molecule has 0 amide bonds. The molecule has 4 rings (SSSR count). The lowest BCUT2D eigenvalue weighted by molar-refractivity contribution is 0.467. The predicted molar refractivity (Wildman–Crippen MR) is 86.4 cm³/mol. The Morgan fingerprint density at radius 2 is 1.91 bits per heavy atom. The van der Waals surface area contributed by atoms with Crippen LogP contribution in [0.2, 0.25) is 0 Å². The third-order valence-electron chi connectivity index (χ3n) is 4.67. The van der Waals surface area contributed by atoms with Gasteiger partial charge in [-0.05, 0) is 31.4 Å². The smallest absolute Gasteiger partial charge is 0.218 e. The highest BCUT2D eigenvalue weighted by molar-refractivity contribution is 7.89. The van der Waals surface area contributed by atoms with Crippen LogP contribution in [0.15, 0.2) is 24.3 Å². The zero-order valence-electron chi connectivity index (χ0n) is 12.4. The first-order valence-corrected chi connectivity index (χ1v) is 9.33. The number of fused-ring (bicyclic) bond motifs is 1. The molecule has 3 heterocycles. The second-order valence-corrected chi connectivity index (χ2v) is 8.30. The van der Waals surface area contributed by atoms with E-state index in [2.05, 4.69) is 14.9 Å². The minimum Gasteiger partial charge on any atom is -0.341 e. The normalized spacial score (nSPS) is 23.6. The maximum Gasteiger partial charge on any atom is 0.218 e. The Labute approximate surface area is 130 Å². The quantitative estimate of drug-likeness (QED) is 0.932. The molecule has 0 aliphatic carbocycles. The van der Waals surface area contributed by atoms with Crippen molar-refractivity contribution in [3.63, 3.8) is 0 Å². The Hall–Kier alpha value is -1.60. The fraction of sp³-hybridized carbons (Fsp3) is 0.533. The van der Waals surface area contributed by atoms with Gasteiger partial charge in [0, 0.05) is 26.2 Å². The molecule has 1 aromatic heterocycles. The molecule has 2 aliphatic heterocycles. The van der Waals surface area contributed by atoms with Crippen LogP contribution in [-0.4, -0.2) is 54.1 Å². The maximum absolute atomic E-state index is 12.7. The average molecular weight is 320 g/mol. The summed E-state index contributed by atoms with van der Waals surface area (Å²) in [5, 5.41) is -0.307. The molecule has 0 saturated carbocycles. The molecule has 1 aromatic carbocycles. The van der Waals surface area contributed by atoms with Gasteiger partial charge in [0.2, 0.25) is 16.0 Å². The number of rotatable bonds is 3. The second kappa shape index (κ2) is 5.24. The number of nitrogens with one attached hydrogen (secondary N) is 1. The number of H-pyrrole nitrogens is 1. The third-order valence-corrected chi connectivity index (χ3v) is 6.98. The molecule has 118 valence electrons. The van der Waals surface area contributed by atoms with Crippen molar-refractivity contribution in [1.82, 2.24) is 14.3 Å². The van der Waals surface area contributed by atoms with Gasteiger partial charge in [0.1, 0.15) is 0 Å². The Morgan fingerprint density at radius 3 is 2.68 bits per heavy atom. The van der Waals surface area contributed by atoms with Crippen molar-refractivity contribution in [2.24, 2.45) is 0 Å². The number of benzene rings is 1. The van der Waals surface area contributed by atoms with Gasteiger partial charge < -0.3 is 9.88 Å². The summed E-state index contributed by atoms with van der Waals surface area (Å²) in [4.78, 5) is 9.91. The van der Waals surface area contributed by atoms with Gasteiger partial charge in [0.15, 0.2) is 0 Å². The fourth-order valence-corrected chi connectivity index (χ4v) is 5.37. The van der Waals surface area contributed by atoms with E-state index in [1.54, 1.807) is 4.31 Å². The number of imidazole rings is 1. The van der Waals surface area contributed by atoms with Crippen LogP contribution < -0.4 is 4.90 Å². The lowest BCUT2D eigenvalue weighted by Crippen LogP contribution is -2.38. The van der Waals surface area contributed by atoms with Gasteiger partial charge in [0.05, 0.1) is 16.3 Å². The molecule has 2 aliphatic rings. The van der Waals surface area contributed by atoms with E-state index in [0.717, 1.165) is 36.4 Å². The first-order chi connectivity index (χ1) is 10.6. The fourth-order valence-electron chi connectivity index (χ4n) is 3.41. The van der Waals surface area contributed by atoms with Gasteiger partial charge in [-0.15, -0.1) is 0 Å². The summed E-state index contributed by atoms with van der Waals surface area (Å²) in [7, 11) is -3.16. The molecule has 1 atom stereocenters. The Balaban J connectivity index is 1.54. The first kappa shape index (κ1) is 14.0. The van der Waals surface area contributed by atoms with Crippen molar-refractivity contribution in [2.45, 2.75) is 24.5 Å². The standard InChI is InChI=1S/C15H20N4O2S/c20-22(21,19-8-3-4-9-19)12-7-10-18(11-12)15-16-13-5-1-2-6-14(13)17-15/h1-2,5-6,12H,3-4,7-11H2,(H,16,17)/t12-/m1/s1. The minimum absolute atomic E-state index is 0.307. The SMILES string of the molecule is O=S(=O)([C@@H]1CCN(c2nc3ccccc3[nH]2)C1)N1CCCC1. The Kier molecular flexibility index (Phi) is 3.34. The highest BCUT2D eigenvalue weighted by Gasteiger charge is 2.38. The Bertz CT molecular complexity index is 747. The van der Waals surface area contributed by atoms with Gasteiger partial charge in [-0.1, -0.05) is 12.1 Å². The van der Waals surface area contributed by atoms with E-state index in [-0.39, 0.29) is 5.25 Å². The predicted octanol–water partition coefficient (Wildman–Crippen LogP) is 1.57. The number of anilines is 1. The van der Waals surface area contributed by atoms with Crippen LogP contribution in [0.3, 0.4) is 0 Å². The number of sulfonamides is 1. The number of para-hydroxylation sites is 2. The number of aromatic nitrogens is 2. The second-order valence-electron chi connectivity index (χ2n) is 6.09. The van der Waals surface area contributed by atoms with E-state index in [1.165, 1.54) is 0 Å². The zero-order chi connectivity index (χ0) is 15.2. The molecule has 7 heteroatoms. The zero-order valence-corrected chi connectivity index (χ0v) is 13.2. The van der Waals surface area contributed by atoms with E-state index in [9.17, 15) is 8.42 Å². The van der Waals surface area contributed by atoms with Crippen LogP contribution in [0.1, 0.15) is 19.3 Å². The van der Waals surface area contributed by atoms with Crippen LogP contribution in [0.25, 0.3) is 11.0 Å². The summed E-state index contributed by atoms with van der Waals surface area (Å²) in [6.07, 6.45) is 2.65. The number of hydrogen-bond acceptors (Lipinski definition) is 4. The van der Waals surface area contributed by atoms with Crippen LogP contribution in [-0.2, 0) is 10.0 Å². The van der Waals surface area contributed by atoms with Gasteiger partial charge in [0.25, 0.3) is 0 Å². The van der Waals surface area contributed by atoms with E-state index in [1.807, 2.05) is 24.3 Å². The van der Waals surface area contributed by atoms with Crippen molar-refractivity contribution in [1.29, 1.82) is 0 Å². The van der Waals surface area contributed by atoms with E-state index in [0.29, 0.717) is 26.1 Å². The van der Waals surface area contributed by atoms with E-state index in [4.69, 9.17) is 0 Å². The summed E-state index contributed by atoms with van der Waals surface area (Å²) in [6.45, 7) is 2.63. The molecule has 2 aromatic rings. The van der Waals surface area contributed by atoms with Crippen molar-refractivity contribution in [2.75, 3.05) is 31.1 Å². The minimum atomic E-state index is -3.16. The number of nitrogens with zero attached hydrogens (tertiary/aromatic N) is 3. The van der Waals surface area contributed by atoms with Gasteiger partial charge in [-0.2, -0.15) is 0 Å². The number of hydrogen-bond donors (Lipinski definition) is 1. The molecule has 6 nitrogen and oxygen atoms in total. The van der Waals surface area contributed by atoms with Crippen molar-refractivity contribution < 1.29 is 8.42 Å². The topological polar surface area (TPSA) is 69.3 Å². The van der Waals surface area contributed by atoms with Crippen molar-refractivity contribution in [3.05, 3.63) is 24.3 Å². The monoisotopic (exact) mass is 320 g/mol. The van der Waals surface area contributed by atoms with E-state index >= 15 is 0 Å². The highest BCUT2D eigenvalue weighted by atomic mass is 32.2. The van der Waals surface area contributed by atoms with Crippen LogP contribution in [0.5, 0.6) is 0 Å². The molecule has 2 saturated heterocycles. The van der Waals surface area contributed by atoms with Gasteiger partial charge >= 0.3 is 0 Å². The molecule has 22 heavy (non-hydrogen) atoms. The lowest BCUT2D eigenvalue weighted by atomic mass is 10.3. The van der Waals surface area contributed by atoms with Crippen LogP contribution >= 0.6 is 0 Å². The van der Waals surface area contributed by atoms with Gasteiger partial charge in [-0.3, -0.25) is 0 Å². The molecule has 0 radical (unpaired) electrons. The highest BCUT2D eigenvalue weighted by Crippen LogP contribution is 2.27. The molecule has 0 bridgehead atoms. The average Bonchev–Trinajstić information content (AvgIpc) is 3.25. The van der Waals surface area contributed by atoms with Crippen LogP contribution in [0, 0.1) is 0 Å². The lowest BCUT2D eigenvalue weighted by Gasteiger charge is -2.21. The van der Waals surface area contributed by atoms with Crippen LogP contribution in [0.4, 0.5) is 5.95 Å². The van der Waals surface area contributed by atoms with Gasteiger partial charge in [-0.25, -0.2) is 17.7 Å². The molecule has 0 spiro atoms. The summed E-state index contributed by atoms with van der Waals surface area (Å²) in [5.41, 5.74) is 1.91. The van der Waals surface area contributed by atoms with Crippen molar-refractivity contribution >= 4 is 27.0 Å². The summed E-state index contributed by atoms with van der Waals surface area (Å²) in [6, 6.07) is 7.87. The van der Waals surface area contributed by atoms with E-state index < -0.39 is 10.0 Å². The molecule has 1 N–H and O–H groups in total. The molecule has 2 fully saturated rings. The summed E-state index contributed by atoms with van der Waals surface area (Å²) >= 11 is 0. The maximum atomic E-state index is 12.7. The first-order valence-electron chi connectivity index (χ1n) is 7.83. The molecular formula is C15H20N4O2S. The largest absolute Gasteiger partial charge is 0.341 e. The summed E-state index contributed by atoms with van der Waals surface area (Å²) < 4.78 is 27.0. The number of aromatic amines is 1. The molecular weight excluding hydrogens is 300 g/mol. The molecule has 0 unspecified atom stereocenters. The van der Waals surface area contributed by atoms with Crippen molar-refractivity contribution in [3.8, 4) is 0 Å². The Morgan fingerprint density at radius 1 is 1.14 bits per heavy atom. The summed E-state index contributed by atoms with van der Waals surface area (Å²) in [5.74, 6) is 0.778. The third kappa shape index (κ3) is 2.28.